The predicted molar refractivity (Wildman–Crippen MR) is 94.8 cm³/mol. The van der Waals surface area contributed by atoms with Crippen LogP contribution >= 0.6 is 23.8 Å². The Hall–Kier alpha value is -2.57. The van der Waals surface area contributed by atoms with Crippen molar-refractivity contribution in [3.8, 4) is 11.4 Å². The Morgan fingerprint density at radius 3 is 2.65 bits per heavy atom. The van der Waals surface area contributed by atoms with Crippen molar-refractivity contribution in [3.63, 3.8) is 0 Å². The van der Waals surface area contributed by atoms with Crippen LogP contribution in [0.15, 0.2) is 65.0 Å². The molecule has 0 unspecified atom stereocenters. The molecule has 7 heteroatoms. The molecule has 0 radical (unpaired) electrons. The second-order valence-corrected chi connectivity index (χ2v) is 5.41. The summed E-state index contributed by atoms with van der Waals surface area (Å²) in [6.07, 6.45) is 6.72. The number of aromatic amines is 1. The topological polar surface area (TPSA) is 58.9 Å². The summed E-state index contributed by atoms with van der Waals surface area (Å²) in [6.45, 7) is 0. The van der Waals surface area contributed by atoms with E-state index in [1.807, 2.05) is 48.5 Å². The number of hydrogen-bond acceptors (Lipinski definition) is 4. The first-order valence-electron chi connectivity index (χ1n) is 6.78. The molecule has 1 N–H and O–H groups in total. The lowest BCUT2D eigenvalue weighted by atomic mass is 10.2. The molecule has 23 heavy (non-hydrogen) atoms. The number of allylic oxidation sites excluding steroid dienone is 1. The number of hydrogen-bond donors (Lipinski definition) is 1. The molecule has 0 saturated heterocycles. The zero-order valence-corrected chi connectivity index (χ0v) is 13.5. The van der Waals surface area contributed by atoms with Gasteiger partial charge in [-0.05, 0) is 36.0 Å². The van der Waals surface area contributed by atoms with Crippen molar-refractivity contribution < 1.29 is 0 Å². The van der Waals surface area contributed by atoms with Crippen LogP contribution in [0.5, 0.6) is 0 Å². The Morgan fingerprint density at radius 1 is 1.17 bits per heavy atom. The van der Waals surface area contributed by atoms with Crippen LogP contribution in [0.3, 0.4) is 0 Å². The van der Waals surface area contributed by atoms with E-state index in [-0.39, 0.29) is 0 Å². The van der Waals surface area contributed by atoms with Gasteiger partial charge in [0.1, 0.15) is 0 Å². The normalized spacial score (nSPS) is 12.0. The van der Waals surface area contributed by atoms with Gasteiger partial charge in [-0.3, -0.25) is 4.98 Å². The molecule has 0 saturated carbocycles. The fourth-order valence-corrected chi connectivity index (χ4v) is 2.29. The van der Waals surface area contributed by atoms with Crippen LogP contribution in [0.4, 0.5) is 0 Å². The summed E-state index contributed by atoms with van der Waals surface area (Å²) in [5, 5.41) is 11.7. The van der Waals surface area contributed by atoms with Crippen molar-refractivity contribution in [1.29, 1.82) is 0 Å². The van der Waals surface area contributed by atoms with Crippen molar-refractivity contribution in [2.75, 3.05) is 0 Å². The molecule has 0 fully saturated rings. The molecular weight excluding hydrogens is 330 g/mol. The quantitative estimate of drug-likeness (QED) is 0.573. The molecule has 0 amide bonds. The van der Waals surface area contributed by atoms with E-state index in [0.717, 1.165) is 11.1 Å². The number of halogens is 1. The van der Waals surface area contributed by atoms with Crippen molar-refractivity contribution in [2.24, 2.45) is 5.10 Å². The Kier molecular flexibility index (Phi) is 4.75. The van der Waals surface area contributed by atoms with Crippen LogP contribution in [0.1, 0.15) is 5.56 Å². The first-order chi connectivity index (χ1) is 11.2. The standard InChI is InChI=1S/C16H12ClN5S/c17-14(10-12-4-2-1-3-5-12)11-19-22-15(20-21-16(22)23)13-6-8-18-9-7-13/h1-11H,(H,21,23)/b14-10-,19-11-. The minimum absolute atomic E-state index is 0.386. The monoisotopic (exact) mass is 341 g/mol. The van der Waals surface area contributed by atoms with Gasteiger partial charge in [0.2, 0.25) is 4.77 Å². The number of H-pyrrole nitrogens is 1. The third-order valence-corrected chi connectivity index (χ3v) is 3.46. The number of benzene rings is 1. The maximum absolute atomic E-state index is 6.21. The molecule has 5 nitrogen and oxygen atoms in total. The molecule has 0 aliphatic carbocycles. The van der Waals surface area contributed by atoms with Crippen LogP contribution in [0.2, 0.25) is 0 Å². The highest BCUT2D eigenvalue weighted by Gasteiger charge is 2.07. The summed E-state index contributed by atoms with van der Waals surface area (Å²) in [4.78, 5) is 3.99. The maximum Gasteiger partial charge on any atom is 0.216 e. The number of nitrogens with zero attached hydrogens (tertiary/aromatic N) is 4. The van der Waals surface area contributed by atoms with E-state index >= 15 is 0 Å². The minimum atomic E-state index is 0.386. The fourth-order valence-electron chi connectivity index (χ4n) is 1.95. The lowest BCUT2D eigenvalue weighted by molar-refractivity contribution is 0.872. The Morgan fingerprint density at radius 2 is 1.91 bits per heavy atom. The molecule has 0 bridgehead atoms. The lowest BCUT2D eigenvalue weighted by Crippen LogP contribution is -1.94. The Bertz CT molecular complexity index is 897. The zero-order chi connectivity index (χ0) is 16.1. The van der Waals surface area contributed by atoms with Crippen molar-refractivity contribution in [1.82, 2.24) is 19.9 Å². The Labute approximate surface area is 143 Å². The van der Waals surface area contributed by atoms with Crippen LogP contribution < -0.4 is 0 Å². The highest BCUT2D eigenvalue weighted by atomic mass is 35.5. The fraction of sp³-hybridized carbons (Fsp3) is 0. The van der Waals surface area contributed by atoms with Crippen LogP contribution in [0, 0.1) is 4.77 Å². The van der Waals surface area contributed by atoms with Crippen molar-refractivity contribution >= 4 is 36.1 Å². The minimum Gasteiger partial charge on any atom is -0.265 e. The predicted octanol–water partition coefficient (Wildman–Crippen LogP) is 4.12. The number of aromatic nitrogens is 4. The van der Waals surface area contributed by atoms with Gasteiger partial charge in [-0.15, -0.1) is 0 Å². The summed E-state index contributed by atoms with van der Waals surface area (Å²) in [6, 6.07) is 13.4. The first kappa shape index (κ1) is 15.3. The number of pyridine rings is 1. The number of rotatable bonds is 4. The van der Waals surface area contributed by atoms with E-state index in [4.69, 9.17) is 23.8 Å². The molecular formula is C16H12ClN5S. The highest BCUT2D eigenvalue weighted by molar-refractivity contribution is 7.71. The van der Waals surface area contributed by atoms with Gasteiger partial charge in [0.15, 0.2) is 5.82 Å². The summed E-state index contributed by atoms with van der Waals surface area (Å²) in [5.74, 6) is 0.595. The average Bonchev–Trinajstić information content (AvgIpc) is 2.95. The molecule has 114 valence electrons. The van der Waals surface area contributed by atoms with E-state index in [1.165, 1.54) is 10.9 Å². The third-order valence-electron chi connectivity index (χ3n) is 2.99. The van der Waals surface area contributed by atoms with E-state index in [2.05, 4.69) is 20.3 Å². The molecule has 3 rings (SSSR count). The van der Waals surface area contributed by atoms with Gasteiger partial charge in [0, 0.05) is 18.0 Å². The molecule has 0 atom stereocenters. The zero-order valence-electron chi connectivity index (χ0n) is 11.9. The highest BCUT2D eigenvalue weighted by Crippen LogP contribution is 2.16. The van der Waals surface area contributed by atoms with E-state index in [9.17, 15) is 0 Å². The number of nitrogens with one attached hydrogen (secondary N) is 1. The average molecular weight is 342 g/mol. The van der Waals surface area contributed by atoms with Crippen LogP contribution in [0.25, 0.3) is 17.5 Å². The summed E-state index contributed by atoms with van der Waals surface area (Å²) >= 11 is 11.4. The summed E-state index contributed by atoms with van der Waals surface area (Å²) in [5.41, 5.74) is 1.85. The molecule has 0 aliphatic rings. The van der Waals surface area contributed by atoms with Gasteiger partial charge in [-0.1, -0.05) is 41.9 Å². The maximum atomic E-state index is 6.21. The second kappa shape index (κ2) is 7.13. The molecule has 1 aromatic carbocycles. The molecule has 2 heterocycles. The first-order valence-corrected chi connectivity index (χ1v) is 7.57. The largest absolute Gasteiger partial charge is 0.265 e. The van der Waals surface area contributed by atoms with Gasteiger partial charge in [0.05, 0.1) is 11.2 Å². The summed E-state index contributed by atoms with van der Waals surface area (Å²) in [7, 11) is 0. The SMILES string of the molecule is S=c1[nH]nc(-c2ccncc2)n1/N=C\C(Cl)=C\c1ccccc1. The van der Waals surface area contributed by atoms with Crippen molar-refractivity contribution in [3.05, 3.63) is 70.2 Å². The third kappa shape index (κ3) is 3.80. The van der Waals surface area contributed by atoms with E-state index in [1.54, 1.807) is 12.4 Å². The molecule has 0 aliphatic heterocycles. The summed E-state index contributed by atoms with van der Waals surface area (Å²) < 4.78 is 1.91. The van der Waals surface area contributed by atoms with Gasteiger partial charge < -0.3 is 0 Å². The molecule has 3 aromatic rings. The smallest absolute Gasteiger partial charge is 0.216 e. The van der Waals surface area contributed by atoms with Gasteiger partial charge in [0.25, 0.3) is 0 Å². The van der Waals surface area contributed by atoms with Gasteiger partial charge in [-0.25, -0.2) is 5.10 Å². The lowest BCUT2D eigenvalue weighted by Gasteiger charge is -2.00. The van der Waals surface area contributed by atoms with Crippen LogP contribution in [-0.4, -0.2) is 26.1 Å². The van der Waals surface area contributed by atoms with E-state index < -0.39 is 0 Å². The van der Waals surface area contributed by atoms with E-state index in [0.29, 0.717) is 15.6 Å². The second-order valence-electron chi connectivity index (χ2n) is 4.58. The molecule has 0 spiro atoms. The Balaban J connectivity index is 1.90. The molecule has 2 aromatic heterocycles. The van der Waals surface area contributed by atoms with Gasteiger partial charge >= 0.3 is 0 Å². The van der Waals surface area contributed by atoms with Crippen LogP contribution in [-0.2, 0) is 0 Å². The van der Waals surface area contributed by atoms with Crippen molar-refractivity contribution in [2.45, 2.75) is 0 Å². The van der Waals surface area contributed by atoms with Gasteiger partial charge in [-0.2, -0.15) is 14.9 Å².